The second-order valence-electron chi connectivity index (χ2n) is 3.05. The SMILES string of the molecule is COC(=O)c1ccc(C(=O)CCBr)cc1Br. The second-order valence-corrected chi connectivity index (χ2v) is 4.70. The Bertz CT molecular complexity index is 416. The van der Waals surface area contributed by atoms with E-state index in [1.165, 1.54) is 7.11 Å². The summed E-state index contributed by atoms with van der Waals surface area (Å²) in [5, 5.41) is 0.627. The Morgan fingerprint density at radius 1 is 1.38 bits per heavy atom. The minimum absolute atomic E-state index is 0.0361. The number of benzene rings is 1. The summed E-state index contributed by atoms with van der Waals surface area (Å²) >= 11 is 6.45. The van der Waals surface area contributed by atoms with Crippen LogP contribution in [0.1, 0.15) is 27.1 Å². The van der Waals surface area contributed by atoms with Crippen molar-refractivity contribution in [3.63, 3.8) is 0 Å². The van der Waals surface area contributed by atoms with Gasteiger partial charge in [-0.3, -0.25) is 4.79 Å². The molecule has 0 spiro atoms. The van der Waals surface area contributed by atoms with Crippen LogP contribution in [0.2, 0.25) is 0 Å². The predicted molar refractivity (Wildman–Crippen MR) is 68.2 cm³/mol. The average molecular weight is 350 g/mol. The molecule has 0 radical (unpaired) electrons. The molecule has 0 bridgehead atoms. The number of ether oxygens (including phenoxy) is 1. The number of carbonyl (C=O) groups is 2. The number of alkyl halides is 1. The van der Waals surface area contributed by atoms with E-state index in [2.05, 4.69) is 36.6 Å². The van der Waals surface area contributed by atoms with Crippen molar-refractivity contribution in [2.75, 3.05) is 12.4 Å². The molecule has 0 saturated heterocycles. The highest BCUT2D eigenvalue weighted by Crippen LogP contribution is 2.20. The topological polar surface area (TPSA) is 43.4 Å². The van der Waals surface area contributed by atoms with E-state index in [-0.39, 0.29) is 5.78 Å². The van der Waals surface area contributed by atoms with Crippen LogP contribution in [0.4, 0.5) is 0 Å². The highest BCUT2D eigenvalue weighted by Gasteiger charge is 2.13. The van der Waals surface area contributed by atoms with Crippen molar-refractivity contribution < 1.29 is 14.3 Å². The normalized spacial score (nSPS) is 9.94. The van der Waals surface area contributed by atoms with Crippen LogP contribution in [-0.4, -0.2) is 24.2 Å². The fourth-order valence-electron chi connectivity index (χ4n) is 1.19. The molecule has 0 aromatic heterocycles. The molecule has 1 rings (SSSR count). The van der Waals surface area contributed by atoms with Crippen molar-refractivity contribution in [2.45, 2.75) is 6.42 Å². The summed E-state index contributed by atoms with van der Waals surface area (Å²) in [5.74, 6) is -0.389. The van der Waals surface area contributed by atoms with Gasteiger partial charge in [-0.25, -0.2) is 4.79 Å². The maximum atomic E-state index is 11.6. The van der Waals surface area contributed by atoms with Crippen LogP contribution in [0, 0.1) is 0 Å². The molecular weight excluding hydrogens is 340 g/mol. The first-order chi connectivity index (χ1) is 7.60. The smallest absolute Gasteiger partial charge is 0.339 e. The summed E-state index contributed by atoms with van der Waals surface area (Å²) in [4.78, 5) is 22.9. The molecule has 0 aliphatic heterocycles. The van der Waals surface area contributed by atoms with Gasteiger partial charge >= 0.3 is 5.97 Å². The van der Waals surface area contributed by atoms with Crippen molar-refractivity contribution in [1.82, 2.24) is 0 Å². The number of ketones is 1. The molecule has 16 heavy (non-hydrogen) atoms. The molecule has 0 atom stereocenters. The lowest BCUT2D eigenvalue weighted by Gasteiger charge is -2.04. The van der Waals surface area contributed by atoms with Gasteiger partial charge in [0.25, 0.3) is 0 Å². The maximum absolute atomic E-state index is 11.6. The first-order valence-electron chi connectivity index (χ1n) is 4.57. The van der Waals surface area contributed by atoms with Gasteiger partial charge in [-0.05, 0) is 28.1 Å². The van der Waals surface area contributed by atoms with Gasteiger partial charge < -0.3 is 4.74 Å². The summed E-state index contributed by atoms with van der Waals surface area (Å²) in [7, 11) is 1.32. The van der Waals surface area contributed by atoms with E-state index in [9.17, 15) is 9.59 Å². The predicted octanol–water partition coefficient (Wildman–Crippen LogP) is 3.20. The zero-order chi connectivity index (χ0) is 12.1. The molecular formula is C11H10Br2O3. The Labute approximate surface area is 110 Å². The van der Waals surface area contributed by atoms with Crippen LogP contribution >= 0.6 is 31.9 Å². The number of halogens is 2. The molecule has 0 aliphatic carbocycles. The van der Waals surface area contributed by atoms with E-state index in [1.807, 2.05) is 0 Å². The molecule has 3 nitrogen and oxygen atoms in total. The van der Waals surface area contributed by atoms with Crippen molar-refractivity contribution in [3.8, 4) is 0 Å². The quantitative estimate of drug-likeness (QED) is 0.476. The van der Waals surface area contributed by atoms with Gasteiger partial charge in [0, 0.05) is 21.8 Å². The Morgan fingerprint density at radius 3 is 2.56 bits per heavy atom. The number of hydrogen-bond acceptors (Lipinski definition) is 3. The highest BCUT2D eigenvalue weighted by atomic mass is 79.9. The molecule has 0 aliphatic rings. The third-order valence-electron chi connectivity index (χ3n) is 2.02. The summed E-state index contributed by atoms with van der Waals surface area (Å²) in [6, 6.07) is 4.84. The van der Waals surface area contributed by atoms with Gasteiger partial charge in [-0.1, -0.05) is 22.0 Å². The zero-order valence-corrected chi connectivity index (χ0v) is 11.8. The molecule has 0 unspecified atom stereocenters. The Hall–Kier alpha value is -0.680. The highest BCUT2D eigenvalue weighted by molar-refractivity contribution is 9.10. The van der Waals surface area contributed by atoms with Crippen LogP contribution in [0.3, 0.4) is 0 Å². The van der Waals surface area contributed by atoms with Gasteiger partial charge in [0.15, 0.2) is 5.78 Å². The molecule has 1 aromatic carbocycles. The first-order valence-corrected chi connectivity index (χ1v) is 6.48. The average Bonchev–Trinajstić information content (AvgIpc) is 2.28. The fraction of sp³-hybridized carbons (Fsp3) is 0.273. The fourth-order valence-corrected chi connectivity index (χ4v) is 2.09. The minimum atomic E-state index is -0.425. The number of rotatable bonds is 4. The second kappa shape index (κ2) is 6.15. The van der Waals surface area contributed by atoms with Gasteiger partial charge in [0.2, 0.25) is 0 Å². The van der Waals surface area contributed by atoms with E-state index >= 15 is 0 Å². The van der Waals surface area contributed by atoms with E-state index in [0.29, 0.717) is 27.4 Å². The molecule has 0 heterocycles. The van der Waals surface area contributed by atoms with Gasteiger partial charge in [0.1, 0.15) is 0 Å². The monoisotopic (exact) mass is 348 g/mol. The van der Waals surface area contributed by atoms with E-state index in [4.69, 9.17) is 0 Å². The summed E-state index contributed by atoms with van der Waals surface area (Å²) in [5.41, 5.74) is 0.997. The van der Waals surface area contributed by atoms with Crippen molar-refractivity contribution in [1.29, 1.82) is 0 Å². The molecule has 0 amide bonds. The van der Waals surface area contributed by atoms with Gasteiger partial charge in [0.05, 0.1) is 12.7 Å². The van der Waals surface area contributed by atoms with Crippen LogP contribution in [0.5, 0.6) is 0 Å². The van der Waals surface area contributed by atoms with E-state index < -0.39 is 5.97 Å². The molecule has 0 saturated carbocycles. The number of esters is 1. The lowest BCUT2D eigenvalue weighted by Crippen LogP contribution is -2.05. The molecule has 1 aromatic rings. The van der Waals surface area contributed by atoms with Crippen LogP contribution < -0.4 is 0 Å². The largest absolute Gasteiger partial charge is 0.465 e. The number of methoxy groups -OCH3 is 1. The first kappa shape index (κ1) is 13.4. The van der Waals surface area contributed by atoms with Crippen molar-refractivity contribution in [3.05, 3.63) is 33.8 Å². The van der Waals surface area contributed by atoms with Crippen molar-refractivity contribution in [2.24, 2.45) is 0 Å². The Morgan fingerprint density at radius 2 is 2.06 bits per heavy atom. The number of Topliss-reactive ketones (excluding diaryl/α,β-unsaturated/α-hetero) is 1. The summed E-state index contributed by atoms with van der Waals surface area (Å²) in [6.07, 6.45) is 0.435. The number of hydrogen-bond donors (Lipinski definition) is 0. The van der Waals surface area contributed by atoms with Crippen LogP contribution in [-0.2, 0) is 4.74 Å². The van der Waals surface area contributed by atoms with E-state index in [0.717, 1.165) is 0 Å². The standard InChI is InChI=1S/C11H10Br2O3/c1-16-11(15)8-3-2-7(6-9(8)13)10(14)4-5-12/h2-3,6H,4-5H2,1H3. The summed E-state index contributed by atoms with van der Waals surface area (Å²) < 4.78 is 5.17. The van der Waals surface area contributed by atoms with Crippen molar-refractivity contribution >= 4 is 43.6 Å². The Balaban J connectivity index is 2.99. The maximum Gasteiger partial charge on any atom is 0.339 e. The molecule has 86 valence electrons. The minimum Gasteiger partial charge on any atom is -0.465 e. The zero-order valence-electron chi connectivity index (χ0n) is 8.63. The summed E-state index contributed by atoms with van der Waals surface area (Å²) in [6.45, 7) is 0. The Kier molecular flexibility index (Phi) is 5.15. The van der Waals surface area contributed by atoms with E-state index in [1.54, 1.807) is 18.2 Å². The molecule has 5 heteroatoms. The van der Waals surface area contributed by atoms with Gasteiger partial charge in [-0.15, -0.1) is 0 Å². The lowest BCUT2D eigenvalue weighted by atomic mass is 10.1. The lowest BCUT2D eigenvalue weighted by molar-refractivity contribution is 0.0599. The van der Waals surface area contributed by atoms with Crippen LogP contribution in [0.25, 0.3) is 0 Å². The van der Waals surface area contributed by atoms with Crippen LogP contribution in [0.15, 0.2) is 22.7 Å². The molecule has 0 fully saturated rings. The third-order valence-corrected chi connectivity index (χ3v) is 3.07. The number of carbonyl (C=O) groups excluding carboxylic acids is 2. The molecule has 0 N–H and O–H groups in total. The van der Waals surface area contributed by atoms with Gasteiger partial charge in [-0.2, -0.15) is 0 Å². The third kappa shape index (κ3) is 3.15.